The number of hydrogen-bond acceptors (Lipinski definition) is 3. The van der Waals surface area contributed by atoms with Crippen LogP contribution in [0.5, 0.6) is 0 Å². The predicted octanol–water partition coefficient (Wildman–Crippen LogP) is 3.07. The van der Waals surface area contributed by atoms with Gasteiger partial charge in [-0.15, -0.1) is 0 Å². The van der Waals surface area contributed by atoms with Crippen LogP contribution in [0, 0.1) is 0 Å². The molecule has 3 aromatic rings. The third kappa shape index (κ3) is 2.01. The summed E-state index contributed by atoms with van der Waals surface area (Å²) in [5, 5.41) is 9.93. The standard InChI is InChI=1S/C20H19N3/c1-3-13-6-7-16(17-11-21-9-14(4-1)19(13)17)18-12-22-10-15-5-2-8-23-20(15)18/h1-8,18,21-22H,9-12H2. The van der Waals surface area contributed by atoms with E-state index in [9.17, 15) is 0 Å². The van der Waals surface area contributed by atoms with Crippen LogP contribution in [0.4, 0.5) is 0 Å². The van der Waals surface area contributed by atoms with Gasteiger partial charge in [-0.05, 0) is 39.1 Å². The summed E-state index contributed by atoms with van der Waals surface area (Å²) in [6.45, 7) is 3.80. The third-order valence-corrected chi connectivity index (χ3v) is 5.19. The van der Waals surface area contributed by atoms with E-state index in [0.717, 1.165) is 26.2 Å². The van der Waals surface area contributed by atoms with E-state index in [-0.39, 0.29) is 0 Å². The van der Waals surface area contributed by atoms with Crippen LogP contribution in [0.15, 0.2) is 48.7 Å². The van der Waals surface area contributed by atoms with Crippen LogP contribution < -0.4 is 10.6 Å². The lowest BCUT2D eigenvalue weighted by atomic mass is 9.83. The zero-order chi connectivity index (χ0) is 15.2. The zero-order valence-corrected chi connectivity index (χ0v) is 13.0. The van der Waals surface area contributed by atoms with Crippen molar-refractivity contribution in [3.8, 4) is 0 Å². The maximum absolute atomic E-state index is 4.71. The van der Waals surface area contributed by atoms with Gasteiger partial charge in [-0.1, -0.05) is 36.4 Å². The molecule has 3 nitrogen and oxygen atoms in total. The van der Waals surface area contributed by atoms with Gasteiger partial charge in [0.15, 0.2) is 0 Å². The van der Waals surface area contributed by atoms with Crippen molar-refractivity contribution >= 4 is 10.8 Å². The second-order valence-electron chi connectivity index (χ2n) is 6.48. The van der Waals surface area contributed by atoms with Gasteiger partial charge in [0.25, 0.3) is 0 Å². The van der Waals surface area contributed by atoms with Gasteiger partial charge in [-0.25, -0.2) is 0 Å². The maximum atomic E-state index is 4.71. The van der Waals surface area contributed by atoms with Gasteiger partial charge in [0, 0.05) is 38.3 Å². The summed E-state index contributed by atoms with van der Waals surface area (Å²) in [5.41, 5.74) is 6.85. The van der Waals surface area contributed by atoms with Gasteiger partial charge in [0.05, 0.1) is 5.69 Å². The molecule has 2 aliphatic rings. The predicted molar refractivity (Wildman–Crippen MR) is 92.3 cm³/mol. The third-order valence-electron chi connectivity index (χ3n) is 5.19. The molecule has 0 fully saturated rings. The van der Waals surface area contributed by atoms with Gasteiger partial charge in [0.1, 0.15) is 0 Å². The molecule has 1 aromatic heterocycles. The van der Waals surface area contributed by atoms with Crippen LogP contribution in [0.25, 0.3) is 10.8 Å². The largest absolute Gasteiger partial charge is 0.312 e. The molecular formula is C20H19N3. The van der Waals surface area contributed by atoms with E-state index in [1.165, 1.54) is 38.7 Å². The number of nitrogens with zero attached hydrogens (tertiary/aromatic N) is 1. The molecule has 0 saturated carbocycles. The fraction of sp³-hybridized carbons (Fsp3) is 0.250. The van der Waals surface area contributed by atoms with Crippen LogP contribution in [0.1, 0.15) is 33.9 Å². The molecule has 2 N–H and O–H groups in total. The van der Waals surface area contributed by atoms with E-state index in [2.05, 4.69) is 47.0 Å². The Morgan fingerprint density at radius 2 is 1.78 bits per heavy atom. The van der Waals surface area contributed by atoms with E-state index in [4.69, 9.17) is 4.98 Å². The lowest BCUT2D eigenvalue weighted by Gasteiger charge is -2.29. The Morgan fingerprint density at radius 1 is 0.870 bits per heavy atom. The highest BCUT2D eigenvalue weighted by atomic mass is 14.9. The molecule has 0 amide bonds. The Balaban J connectivity index is 1.75. The molecule has 3 heterocycles. The number of nitrogens with one attached hydrogen (secondary N) is 2. The number of fused-ring (bicyclic) bond motifs is 1. The minimum Gasteiger partial charge on any atom is -0.312 e. The van der Waals surface area contributed by atoms with Crippen molar-refractivity contribution < 1.29 is 0 Å². The zero-order valence-electron chi connectivity index (χ0n) is 13.0. The Morgan fingerprint density at radius 3 is 2.78 bits per heavy atom. The Kier molecular flexibility index (Phi) is 2.96. The van der Waals surface area contributed by atoms with Crippen molar-refractivity contribution in [2.75, 3.05) is 6.54 Å². The van der Waals surface area contributed by atoms with Gasteiger partial charge in [0.2, 0.25) is 0 Å². The van der Waals surface area contributed by atoms with Crippen molar-refractivity contribution in [2.24, 2.45) is 0 Å². The van der Waals surface area contributed by atoms with Crippen LogP contribution in [0.3, 0.4) is 0 Å². The lowest BCUT2D eigenvalue weighted by Crippen LogP contribution is -2.31. The molecule has 0 saturated heterocycles. The highest BCUT2D eigenvalue weighted by molar-refractivity contribution is 5.90. The molecular weight excluding hydrogens is 282 g/mol. The van der Waals surface area contributed by atoms with Crippen LogP contribution in [0.2, 0.25) is 0 Å². The summed E-state index contributed by atoms with van der Waals surface area (Å²) in [5.74, 6) is 0.340. The number of benzene rings is 2. The average molecular weight is 301 g/mol. The molecule has 3 heteroatoms. The monoisotopic (exact) mass is 301 g/mol. The van der Waals surface area contributed by atoms with Crippen molar-refractivity contribution in [2.45, 2.75) is 25.6 Å². The molecule has 1 unspecified atom stereocenters. The van der Waals surface area contributed by atoms with E-state index in [0.29, 0.717) is 5.92 Å². The molecule has 0 aliphatic carbocycles. The summed E-state index contributed by atoms with van der Waals surface area (Å²) >= 11 is 0. The number of rotatable bonds is 1. The highest BCUT2D eigenvalue weighted by Crippen LogP contribution is 2.36. The van der Waals surface area contributed by atoms with Crippen molar-refractivity contribution in [3.05, 3.63) is 76.6 Å². The smallest absolute Gasteiger partial charge is 0.0536 e. The molecule has 114 valence electrons. The average Bonchev–Trinajstić information content (AvgIpc) is 2.62. The number of hydrogen-bond donors (Lipinski definition) is 2. The maximum Gasteiger partial charge on any atom is 0.0536 e. The molecule has 2 aromatic carbocycles. The van der Waals surface area contributed by atoms with Crippen LogP contribution in [-0.2, 0) is 19.6 Å². The van der Waals surface area contributed by atoms with Gasteiger partial charge in [-0.3, -0.25) is 4.98 Å². The molecule has 1 atom stereocenters. The minimum atomic E-state index is 0.340. The summed E-state index contributed by atoms with van der Waals surface area (Å²) < 4.78 is 0. The minimum absolute atomic E-state index is 0.340. The van der Waals surface area contributed by atoms with E-state index in [1.54, 1.807) is 0 Å². The van der Waals surface area contributed by atoms with Crippen molar-refractivity contribution in [3.63, 3.8) is 0 Å². The lowest BCUT2D eigenvalue weighted by molar-refractivity contribution is 0.570. The summed E-state index contributed by atoms with van der Waals surface area (Å²) in [6.07, 6.45) is 1.92. The van der Waals surface area contributed by atoms with Gasteiger partial charge < -0.3 is 10.6 Å². The first-order valence-corrected chi connectivity index (χ1v) is 8.30. The van der Waals surface area contributed by atoms with Gasteiger partial charge in [-0.2, -0.15) is 0 Å². The Bertz CT molecular complexity index is 901. The Hall–Kier alpha value is -2.23. The summed E-state index contributed by atoms with van der Waals surface area (Å²) in [7, 11) is 0. The molecule has 0 spiro atoms. The first kappa shape index (κ1) is 13.2. The first-order chi connectivity index (χ1) is 11.4. The van der Waals surface area contributed by atoms with E-state index in [1.807, 2.05) is 12.3 Å². The molecule has 0 radical (unpaired) electrons. The van der Waals surface area contributed by atoms with Gasteiger partial charge >= 0.3 is 0 Å². The molecule has 23 heavy (non-hydrogen) atoms. The summed E-state index contributed by atoms with van der Waals surface area (Å²) in [6, 6.07) is 15.4. The fourth-order valence-electron chi connectivity index (χ4n) is 4.16. The van der Waals surface area contributed by atoms with Crippen molar-refractivity contribution in [1.82, 2.24) is 15.6 Å². The Labute approximate surface area is 135 Å². The molecule has 0 bridgehead atoms. The first-order valence-electron chi connectivity index (χ1n) is 8.30. The SMILES string of the molecule is c1cnc2c(c1)CNCC2c1ccc2cccc3c2c1CNC3. The van der Waals surface area contributed by atoms with Crippen LogP contribution in [-0.4, -0.2) is 11.5 Å². The fourth-order valence-corrected chi connectivity index (χ4v) is 4.16. The van der Waals surface area contributed by atoms with E-state index >= 15 is 0 Å². The molecule has 2 aliphatic heterocycles. The summed E-state index contributed by atoms with van der Waals surface area (Å²) in [4.78, 5) is 4.71. The van der Waals surface area contributed by atoms with E-state index < -0.39 is 0 Å². The number of aromatic nitrogens is 1. The highest BCUT2D eigenvalue weighted by Gasteiger charge is 2.26. The van der Waals surface area contributed by atoms with Crippen LogP contribution >= 0.6 is 0 Å². The molecule has 5 rings (SSSR count). The second-order valence-corrected chi connectivity index (χ2v) is 6.48. The second kappa shape index (κ2) is 5.15. The topological polar surface area (TPSA) is 37.0 Å². The quantitative estimate of drug-likeness (QED) is 0.725. The normalized spacial score (nSPS) is 19.6. The van der Waals surface area contributed by atoms with Crippen molar-refractivity contribution in [1.29, 1.82) is 0 Å². The number of pyridine rings is 1.